The second kappa shape index (κ2) is 4.36. The van der Waals surface area contributed by atoms with Crippen LogP contribution in [0.1, 0.15) is 52.4 Å². The van der Waals surface area contributed by atoms with Gasteiger partial charge in [0.2, 0.25) is 0 Å². The molecule has 1 saturated carbocycles. The first kappa shape index (κ1) is 11.9. The Morgan fingerprint density at radius 2 is 2.12 bits per heavy atom. The molecule has 3 nitrogen and oxygen atoms in total. The fourth-order valence-corrected chi connectivity index (χ4v) is 3.33. The molecule has 0 spiro atoms. The average Bonchev–Trinajstić information content (AvgIpc) is 2.75. The summed E-state index contributed by atoms with van der Waals surface area (Å²) in [6.45, 7) is 4.23. The Hall–Kier alpha value is -0.570. The quantitative estimate of drug-likeness (QED) is 0.805. The molecule has 1 saturated heterocycles. The van der Waals surface area contributed by atoms with E-state index in [0.717, 1.165) is 38.5 Å². The molecular formula is C13H22O3. The van der Waals surface area contributed by atoms with Crippen LogP contribution >= 0.6 is 0 Å². The lowest BCUT2D eigenvalue weighted by Crippen LogP contribution is -2.32. The lowest BCUT2D eigenvalue weighted by Gasteiger charge is -2.27. The molecule has 1 N–H and O–H groups in total. The van der Waals surface area contributed by atoms with Gasteiger partial charge < -0.3 is 9.84 Å². The molecule has 16 heavy (non-hydrogen) atoms. The Balaban J connectivity index is 2.01. The van der Waals surface area contributed by atoms with E-state index in [1.807, 2.05) is 0 Å². The standard InChI is InChI=1S/C13H22O3/c1-9-5-6-13(7-9,12(14)15)8-11-4-3-10(2)16-11/h9-11H,3-8H2,1-2H3,(H,14,15). The predicted octanol–water partition coefficient (Wildman–Crippen LogP) is 2.84. The number of rotatable bonds is 3. The van der Waals surface area contributed by atoms with Crippen LogP contribution in [0.15, 0.2) is 0 Å². The molecule has 2 aliphatic rings. The highest BCUT2D eigenvalue weighted by Crippen LogP contribution is 2.47. The van der Waals surface area contributed by atoms with Crippen LogP contribution in [-0.4, -0.2) is 23.3 Å². The number of ether oxygens (including phenoxy) is 1. The highest BCUT2D eigenvalue weighted by molar-refractivity contribution is 5.75. The molecule has 0 aromatic rings. The maximum atomic E-state index is 11.5. The molecule has 2 rings (SSSR count). The van der Waals surface area contributed by atoms with Gasteiger partial charge in [0, 0.05) is 0 Å². The third kappa shape index (κ3) is 2.24. The summed E-state index contributed by atoms with van der Waals surface area (Å²) in [5.41, 5.74) is -0.492. The summed E-state index contributed by atoms with van der Waals surface area (Å²) in [6.07, 6.45) is 6.03. The first-order chi connectivity index (χ1) is 7.52. The van der Waals surface area contributed by atoms with Crippen molar-refractivity contribution >= 4 is 5.97 Å². The second-order valence-electron chi connectivity index (χ2n) is 5.78. The smallest absolute Gasteiger partial charge is 0.309 e. The SMILES string of the molecule is CC1CCC(CC2CCC(C)O2)(C(=O)O)C1. The molecule has 1 aliphatic carbocycles. The minimum absolute atomic E-state index is 0.177. The lowest BCUT2D eigenvalue weighted by molar-refractivity contribution is -0.151. The summed E-state index contributed by atoms with van der Waals surface area (Å²) in [4.78, 5) is 11.5. The molecule has 0 amide bonds. The van der Waals surface area contributed by atoms with Crippen LogP contribution < -0.4 is 0 Å². The summed E-state index contributed by atoms with van der Waals surface area (Å²) in [6, 6.07) is 0. The highest BCUT2D eigenvalue weighted by atomic mass is 16.5. The van der Waals surface area contributed by atoms with E-state index in [0.29, 0.717) is 12.0 Å². The number of carbonyl (C=O) groups is 1. The fourth-order valence-electron chi connectivity index (χ4n) is 3.33. The molecule has 92 valence electrons. The van der Waals surface area contributed by atoms with Gasteiger partial charge in [0.15, 0.2) is 0 Å². The molecule has 0 aromatic heterocycles. The number of aliphatic carboxylic acids is 1. The van der Waals surface area contributed by atoms with Gasteiger partial charge in [-0.15, -0.1) is 0 Å². The van der Waals surface area contributed by atoms with Gasteiger partial charge in [-0.1, -0.05) is 6.92 Å². The number of hydrogen-bond donors (Lipinski definition) is 1. The molecule has 1 aliphatic heterocycles. The van der Waals surface area contributed by atoms with Gasteiger partial charge in [-0.2, -0.15) is 0 Å². The average molecular weight is 226 g/mol. The molecule has 2 fully saturated rings. The number of hydrogen-bond acceptors (Lipinski definition) is 2. The molecule has 4 unspecified atom stereocenters. The van der Waals surface area contributed by atoms with Crippen molar-refractivity contribution in [1.29, 1.82) is 0 Å². The van der Waals surface area contributed by atoms with E-state index in [1.54, 1.807) is 0 Å². The van der Waals surface area contributed by atoms with Crippen LogP contribution in [-0.2, 0) is 9.53 Å². The van der Waals surface area contributed by atoms with E-state index in [9.17, 15) is 9.90 Å². The van der Waals surface area contributed by atoms with Crippen LogP contribution in [0, 0.1) is 11.3 Å². The Kier molecular flexibility index (Phi) is 3.24. The van der Waals surface area contributed by atoms with Gasteiger partial charge in [0.1, 0.15) is 0 Å². The fraction of sp³-hybridized carbons (Fsp3) is 0.923. The van der Waals surface area contributed by atoms with Crippen LogP contribution in [0.3, 0.4) is 0 Å². The topological polar surface area (TPSA) is 46.5 Å². The summed E-state index contributed by atoms with van der Waals surface area (Å²) < 4.78 is 5.77. The summed E-state index contributed by atoms with van der Waals surface area (Å²) in [7, 11) is 0. The van der Waals surface area contributed by atoms with Crippen LogP contribution in [0.25, 0.3) is 0 Å². The summed E-state index contributed by atoms with van der Waals surface area (Å²) in [5.74, 6) is -0.0603. The first-order valence-corrected chi connectivity index (χ1v) is 6.41. The van der Waals surface area contributed by atoms with E-state index in [-0.39, 0.29) is 6.10 Å². The van der Waals surface area contributed by atoms with E-state index in [4.69, 9.17) is 4.74 Å². The van der Waals surface area contributed by atoms with Gasteiger partial charge in [-0.3, -0.25) is 4.79 Å². The van der Waals surface area contributed by atoms with E-state index >= 15 is 0 Å². The number of carboxylic acids is 1. The molecule has 3 heteroatoms. The molecule has 0 bridgehead atoms. The molecule has 4 atom stereocenters. The van der Waals surface area contributed by atoms with Crippen LogP contribution in [0.4, 0.5) is 0 Å². The predicted molar refractivity (Wildman–Crippen MR) is 61.3 cm³/mol. The van der Waals surface area contributed by atoms with E-state index in [1.165, 1.54) is 0 Å². The largest absolute Gasteiger partial charge is 0.481 e. The number of carboxylic acid groups (broad SMARTS) is 1. The van der Waals surface area contributed by atoms with Gasteiger partial charge in [-0.25, -0.2) is 0 Å². The molecule has 0 aromatic carbocycles. The Bertz CT molecular complexity index is 276. The normalized spacial score (nSPS) is 43.8. The first-order valence-electron chi connectivity index (χ1n) is 6.41. The molecular weight excluding hydrogens is 204 g/mol. The van der Waals surface area contributed by atoms with E-state index in [2.05, 4.69) is 13.8 Å². The van der Waals surface area contributed by atoms with E-state index < -0.39 is 11.4 Å². The third-order valence-corrected chi connectivity index (χ3v) is 4.25. The Morgan fingerprint density at radius 3 is 2.56 bits per heavy atom. The van der Waals surface area contributed by atoms with Gasteiger partial charge >= 0.3 is 5.97 Å². The molecule has 1 heterocycles. The minimum atomic E-state index is -0.611. The van der Waals surface area contributed by atoms with Gasteiger partial charge in [0.05, 0.1) is 17.6 Å². The van der Waals surface area contributed by atoms with Gasteiger partial charge in [0.25, 0.3) is 0 Å². The van der Waals surface area contributed by atoms with Gasteiger partial charge in [-0.05, 0) is 51.4 Å². The van der Waals surface area contributed by atoms with Crippen molar-refractivity contribution < 1.29 is 14.6 Å². The zero-order chi connectivity index (χ0) is 11.8. The second-order valence-corrected chi connectivity index (χ2v) is 5.78. The monoisotopic (exact) mass is 226 g/mol. The van der Waals surface area contributed by atoms with Crippen molar-refractivity contribution in [2.24, 2.45) is 11.3 Å². The van der Waals surface area contributed by atoms with Crippen molar-refractivity contribution in [3.8, 4) is 0 Å². The molecule has 0 radical (unpaired) electrons. The highest BCUT2D eigenvalue weighted by Gasteiger charge is 2.46. The van der Waals surface area contributed by atoms with Crippen LogP contribution in [0.5, 0.6) is 0 Å². The lowest BCUT2D eigenvalue weighted by atomic mass is 9.79. The zero-order valence-corrected chi connectivity index (χ0v) is 10.2. The summed E-state index contributed by atoms with van der Waals surface area (Å²) >= 11 is 0. The van der Waals surface area contributed by atoms with Crippen LogP contribution in [0.2, 0.25) is 0 Å². The van der Waals surface area contributed by atoms with Crippen molar-refractivity contribution in [3.63, 3.8) is 0 Å². The Morgan fingerprint density at radius 1 is 1.38 bits per heavy atom. The van der Waals surface area contributed by atoms with Crippen molar-refractivity contribution in [3.05, 3.63) is 0 Å². The Labute approximate surface area is 97.2 Å². The van der Waals surface area contributed by atoms with Crippen molar-refractivity contribution in [1.82, 2.24) is 0 Å². The maximum absolute atomic E-state index is 11.5. The third-order valence-electron chi connectivity index (χ3n) is 4.25. The van der Waals surface area contributed by atoms with Crippen molar-refractivity contribution in [2.75, 3.05) is 0 Å². The van der Waals surface area contributed by atoms with Crippen molar-refractivity contribution in [2.45, 2.75) is 64.6 Å². The zero-order valence-electron chi connectivity index (χ0n) is 10.2. The minimum Gasteiger partial charge on any atom is -0.481 e. The summed E-state index contributed by atoms with van der Waals surface area (Å²) in [5, 5.41) is 9.45. The maximum Gasteiger partial charge on any atom is 0.309 e.